The molecule has 142 valence electrons. The fourth-order valence-corrected chi connectivity index (χ4v) is 2.47. The Labute approximate surface area is 160 Å². The van der Waals surface area contributed by atoms with Gasteiger partial charge in [0.05, 0.1) is 11.9 Å². The zero-order valence-corrected chi connectivity index (χ0v) is 15.2. The summed E-state index contributed by atoms with van der Waals surface area (Å²) in [4.78, 5) is 46.8. The quantitative estimate of drug-likeness (QED) is 0.539. The second-order valence-electron chi connectivity index (χ2n) is 5.94. The van der Waals surface area contributed by atoms with E-state index in [1.54, 1.807) is 36.5 Å². The number of carbonyl (C=O) groups excluding carboxylic acids is 3. The lowest BCUT2D eigenvalue weighted by molar-refractivity contribution is 0.0943. The zero-order chi connectivity index (χ0) is 20.1. The highest BCUT2D eigenvalue weighted by atomic mass is 16.2. The summed E-state index contributed by atoms with van der Waals surface area (Å²) in [5, 5.41) is 7.86. The van der Waals surface area contributed by atoms with Gasteiger partial charge < -0.3 is 20.9 Å². The van der Waals surface area contributed by atoms with Crippen LogP contribution in [-0.2, 0) is 0 Å². The summed E-state index contributed by atoms with van der Waals surface area (Å²) in [6.45, 7) is 1.86. The lowest BCUT2D eigenvalue weighted by Crippen LogP contribution is -2.23. The number of amides is 3. The molecule has 3 amide bonds. The zero-order valence-electron chi connectivity index (χ0n) is 15.2. The molecule has 9 nitrogen and oxygen atoms in total. The minimum Gasteiger partial charge on any atom is -0.354 e. The Balaban J connectivity index is 1.66. The highest BCUT2D eigenvalue weighted by Gasteiger charge is 2.19. The number of aryl methyl sites for hydroxylation is 1. The Morgan fingerprint density at radius 1 is 0.929 bits per heavy atom. The first-order chi connectivity index (χ1) is 13.5. The third kappa shape index (κ3) is 4.21. The fourth-order valence-electron chi connectivity index (χ4n) is 2.47. The minimum absolute atomic E-state index is 0.00986. The summed E-state index contributed by atoms with van der Waals surface area (Å²) in [5.41, 5.74) is 2.48. The number of carbonyl (C=O) groups is 3. The van der Waals surface area contributed by atoms with Gasteiger partial charge in [-0.25, -0.2) is 4.98 Å². The van der Waals surface area contributed by atoms with E-state index < -0.39 is 11.8 Å². The first-order valence-corrected chi connectivity index (χ1v) is 8.38. The molecule has 3 rings (SSSR count). The number of benzene rings is 1. The third-order valence-electron chi connectivity index (χ3n) is 3.85. The summed E-state index contributed by atoms with van der Waals surface area (Å²) in [6.07, 6.45) is 4.44. The van der Waals surface area contributed by atoms with Gasteiger partial charge in [0.2, 0.25) is 0 Å². The van der Waals surface area contributed by atoms with Gasteiger partial charge in [-0.1, -0.05) is 0 Å². The molecule has 28 heavy (non-hydrogen) atoms. The molecular formula is C19H18N6O3. The summed E-state index contributed by atoms with van der Waals surface area (Å²) < 4.78 is 0. The van der Waals surface area contributed by atoms with Gasteiger partial charge in [-0.15, -0.1) is 0 Å². The Morgan fingerprint density at radius 3 is 2.18 bits per heavy atom. The van der Waals surface area contributed by atoms with E-state index in [1.807, 2.05) is 6.92 Å². The number of imidazole rings is 1. The van der Waals surface area contributed by atoms with E-state index in [0.717, 1.165) is 5.56 Å². The van der Waals surface area contributed by atoms with Crippen molar-refractivity contribution in [2.24, 2.45) is 0 Å². The molecule has 2 aromatic heterocycles. The maximum Gasteiger partial charge on any atom is 0.274 e. The second kappa shape index (κ2) is 8.12. The van der Waals surface area contributed by atoms with Crippen LogP contribution in [0.1, 0.15) is 36.9 Å². The number of aromatic nitrogens is 3. The minimum atomic E-state index is -0.501. The van der Waals surface area contributed by atoms with Crippen molar-refractivity contribution in [1.29, 1.82) is 0 Å². The number of nitrogens with one attached hydrogen (secondary N) is 4. The third-order valence-corrected chi connectivity index (χ3v) is 3.85. The maximum atomic E-state index is 12.4. The highest BCUT2D eigenvalue weighted by molar-refractivity contribution is 6.10. The Morgan fingerprint density at radius 2 is 1.57 bits per heavy atom. The molecule has 0 radical (unpaired) electrons. The number of pyridine rings is 1. The molecule has 4 N–H and O–H groups in total. The predicted octanol–water partition coefficient (Wildman–Crippen LogP) is 1.98. The van der Waals surface area contributed by atoms with Crippen LogP contribution in [0, 0.1) is 6.92 Å². The van der Waals surface area contributed by atoms with Gasteiger partial charge in [-0.05, 0) is 42.8 Å². The lowest BCUT2D eigenvalue weighted by Gasteiger charge is -2.08. The molecule has 0 aliphatic heterocycles. The van der Waals surface area contributed by atoms with E-state index in [9.17, 15) is 14.4 Å². The van der Waals surface area contributed by atoms with Gasteiger partial charge in [0.25, 0.3) is 17.7 Å². The molecule has 0 aliphatic rings. The van der Waals surface area contributed by atoms with Crippen LogP contribution in [0.25, 0.3) is 0 Å². The molecule has 0 saturated heterocycles. The van der Waals surface area contributed by atoms with Crippen LogP contribution in [0.3, 0.4) is 0 Å². The number of H-pyrrole nitrogens is 1. The van der Waals surface area contributed by atoms with Gasteiger partial charge in [0.1, 0.15) is 5.69 Å². The number of hydrogen-bond donors (Lipinski definition) is 4. The number of nitrogens with zero attached hydrogens (tertiary/aromatic N) is 2. The van der Waals surface area contributed by atoms with Crippen molar-refractivity contribution >= 4 is 29.1 Å². The van der Waals surface area contributed by atoms with Gasteiger partial charge in [0.15, 0.2) is 5.69 Å². The molecule has 0 fully saturated rings. The molecule has 0 unspecified atom stereocenters. The summed E-state index contributed by atoms with van der Waals surface area (Å²) in [7, 11) is 1.46. The van der Waals surface area contributed by atoms with Crippen molar-refractivity contribution in [1.82, 2.24) is 20.3 Å². The van der Waals surface area contributed by atoms with Crippen molar-refractivity contribution in [3.05, 3.63) is 71.6 Å². The number of aromatic amines is 1. The molecule has 0 spiro atoms. The Bertz CT molecular complexity index is 1030. The molecule has 3 aromatic rings. The van der Waals surface area contributed by atoms with Gasteiger partial charge in [-0.3, -0.25) is 19.4 Å². The van der Waals surface area contributed by atoms with E-state index in [0.29, 0.717) is 16.9 Å². The average Bonchev–Trinajstić information content (AvgIpc) is 3.19. The topological polar surface area (TPSA) is 129 Å². The highest BCUT2D eigenvalue weighted by Crippen LogP contribution is 2.16. The first kappa shape index (κ1) is 18.8. The molecular weight excluding hydrogens is 360 g/mol. The van der Waals surface area contributed by atoms with Gasteiger partial charge in [-0.2, -0.15) is 0 Å². The SMILES string of the molecule is CNC(=O)c1nc[nH]c1C(=O)Nc1ccc(NC(=O)c2cncc(C)c2)cc1. The van der Waals surface area contributed by atoms with E-state index in [4.69, 9.17) is 0 Å². The fraction of sp³-hybridized carbons (Fsp3) is 0.105. The van der Waals surface area contributed by atoms with E-state index in [1.165, 1.54) is 19.6 Å². The average molecular weight is 378 g/mol. The first-order valence-electron chi connectivity index (χ1n) is 8.38. The van der Waals surface area contributed by atoms with E-state index in [2.05, 4.69) is 30.9 Å². The summed E-state index contributed by atoms with van der Waals surface area (Å²) in [6, 6.07) is 8.33. The van der Waals surface area contributed by atoms with Gasteiger partial charge in [0, 0.05) is 30.8 Å². The molecule has 0 bridgehead atoms. The maximum absolute atomic E-state index is 12.4. The van der Waals surface area contributed by atoms with Crippen LogP contribution in [-0.4, -0.2) is 39.7 Å². The van der Waals surface area contributed by atoms with Crippen molar-refractivity contribution in [2.45, 2.75) is 6.92 Å². The monoisotopic (exact) mass is 378 g/mol. The smallest absolute Gasteiger partial charge is 0.274 e. The van der Waals surface area contributed by atoms with Crippen molar-refractivity contribution < 1.29 is 14.4 Å². The lowest BCUT2D eigenvalue weighted by atomic mass is 10.2. The van der Waals surface area contributed by atoms with Crippen LogP contribution >= 0.6 is 0 Å². The van der Waals surface area contributed by atoms with Crippen LogP contribution in [0.15, 0.2) is 49.1 Å². The summed E-state index contributed by atoms with van der Waals surface area (Å²) >= 11 is 0. The molecule has 0 atom stereocenters. The normalized spacial score (nSPS) is 10.2. The van der Waals surface area contributed by atoms with Crippen LogP contribution in [0.2, 0.25) is 0 Å². The Kier molecular flexibility index (Phi) is 5.45. The second-order valence-corrected chi connectivity index (χ2v) is 5.94. The van der Waals surface area contributed by atoms with Crippen LogP contribution < -0.4 is 16.0 Å². The Hall–Kier alpha value is -4.01. The van der Waals surface area contributed by atoms with Crippen molar-refractivity contribution in [3.8, 4) is 0 Å². The number of hydrogen-bond acceptors (Lipinski definition) is 5. The van der Waals surface area contributed by atoms with Crippen molar-refractivity contribution in [3.63, 3.8) is 0 Å². The molecule has 2 heterocycles. The number of anilines is 2. The largest absolute Gasteiger partial charge is 0.354 e. The molecule has 0 saturated carbocycles. The van der Waals surface area contributed by atoms with Crippen LogP contribution in [0.5, 0.6) is 0 Å². The van der Waals surface area contributed by atoms with Crippen molar-refractivity contribution in [2.75, 3.05) is 17.7 Å². The number of rotatable bonds is 5. The molecule has 0 aliphatic carbocycles. The molecule has 9 heteroatoms. The van der Waals surface area contributed by atoms with E-state index >= 15 is 0 Å². The van der Waals surface area contributed by atoms with Gasteiger partial charge >= 0.3 is 0 Å². The standard InChI is InChI=1S/C19H18N6O3/c1-11-7-12(9-21-8-11)17(26)24-13-3-5-14(6-4-13)25-19(28)16-15(18(27)20-2)22-10-23-16/h3-10H,1-2H3,(H,20,27)(H,22,23)(H,24,26)(H,25,28). The van der Waals surface area contributed by atoms with Crippen LogP contribution in [0.4, 0.5) is 11.4 Å². The molecule has 1 aromatic carbocycles. The predicted molar refractivity (Wildman–Crippen MR) is 103 cm³/mol. The van der Waals surface area contributed by atoms with E-state index in [-0.39, 0.29) is 17.3 Å². The summed E-state index contributed by atoms with van der Waals surface area (Å²) in [5.74, 6) is -1.24.